The molecule has 3 rings (SSSR count). The molecule has 24 heavy (non-hydrogen) atoms. The van der Waals surface area contributed by atoms with E-state index in [4.69, 9.17) is 0 Å². The van der Waals surface area contributed by atoms with Crippen molar-refractivity contribution in [2.75, 3.05) is 13.6 Å². The van der Waals surface area contributed by atoms with Gasteiger partial charge in [0, 0.05) is 31.1 Å². The first-order valence-corrected chi connectivity index (χ1v) is 8.12. The third-order valence-corrected chi connectivity index (χ3v) is 5.07. The highest BCUT2D eigenvalue weighted by Crippen LogP contribution is 2.39. The third kappa shape index (κ3) is 4.01. The Morgan fingerprint density at radius 1 is 1.25 bits per heavy atom. The van der Waals surface area contributed by atoms with E-state index >= 15 is 0 Å². The Labute approximate surface area is 139 Å². The fourth-order valence-electron chi connectivity index (χ4n) is 3.85. The van der Waals surface area contributed by atoms with Gasteiger partial charge in [-0.25, -0.2) is 0 Å². The number of fused-ring (bicyclic) bond motifs is 1. The number of nitrogens with one attached hydrogen (secondary N) is 1. The number of para-hydroxylation sites is 1. The number of carbonyl (C=O) groups excluding carboxylic acids is 1. The van der Waals surface area contributed by atoms with Gasteiger partial charge in [0.25, 0.3) is 0 Å². The van der Waals surface area contributed by atoms with Crippen LogP contribution < -0.4 is 10.1 Å². The van der Waals surface area contributed by atoms with E-state index < -0.39 is 6.36 Å². The summed E-state index contributed by atoms with van der Waals surface area (Å²) in [5.41, 5.74) is 0.515. The minimum absolute atomic E-state index is 0.100. The summed E-state index contributed by atoms with van der Waals surface area (Å²) in [4.78, 5) is 13.6. The standard InChI is InChI=1S/C17H21F3N2O2/c1-22(14-6-12-8-16(23)21-9-13(12)7-14)10-11-4-2-3-5-15(11)24-17(18,19)20/h2-5,12-14H,6-10H2,1H3,(H,21,23)/t12-,13+,14-/m0/s1. The van der Waals surface area contributed by atoms with Gasteiger partial charge in [-0.3, -0.25) is 9.69 Å². The Morgan fingerprint density at radius 3 is 2.71 bits per heavy atom. The Hall–Kier alpha value is -1.76. The highest BCUT2D eigenvalue weighted by molar-refractivity contribution is 5.77. The average molecular weight is 342 g/mol. The van der Waals surface area contributed by atoms with Gasteiger partial charge in [0.05, 0.1) is 0 Å². The van der Waals surface area contributed by atoms with Gasteiger partial charge < -0.3 is 10.1 Å². The molecule has 132 valence electrons. The second-order valence-corrected chi connectivity index (χ2v) is 6.72. The molecule has 0 unspecified atom stereocenters. The summed E-state index contributed by atoms with van der Waals surface area (Å²) in [6.07, 6.45) is -2.26. The van der Waals surface area contributed by atoms with Crippen molar-refractivity contribution in [1.82, 2.24) is 10.2 Å². The van der Waals surface area contributed by atoms with E-state index in [0.29, 0.717) is 36.9 Å². The SMILES string of the molecule is CN(Cc1ccccc1OC(F)(F)F)[C@H]1C[C@H]2CC(=O)NC[C@H]2C1. The first-order valence-electron chi connectivity index (χ1n) is 8.12. The topological polar surface area (TPSA) is 41.6 Å². The number of hydrogen-bond acceptors (Lipinski definition) is 3. The molecule has 1 saturated heterocycles. The quantitative estimate of drug-likeness (QED) is 0.915. The van der Waals surface area contributed by atoms with E-state index in [-0.39, 0.29) is 17.7 Å². The fourth-order valence-corrected chi connectivity index (χ4v) is 3.85. The smallest absolute Gasteiger partial charge is 0.405 e. The van der Waals surface area contributed by atoms with E-state index in [2.05, 4.69) is 15.0 Å². The van der Waals surface area contributed by atoms with Crippen LogP contribution >= 0.6 is 0 Å². The second-order valence-electron chi connectivity index (χ2n) is 6.72. The summed E-state index contributed by atoms with van der Waals surface area (Å²) in [6, 6.07) is 6.51. The van der Waals surface area contributed by atoms with Crippen LogP contribution in [0.2, 0.25) is 0 Å². The molecule has 1 aliphatic heterocycles. The van der Waals surface area contributed by atoms with Crippen LogP contribution in [0.4, 0.5) is 13.2 Å². The van der Waals surface area contributed by atoms with Gasteiger partial charge in [-0.2, -0.15) is 0 Å². The fraction of sp³-hybridized carbons (Fsp3) is 0.588. The minimum atomic E-state index is -4.69. The summed E-state index contributed by atoms with van der Waals surface area (Å²) in [5, 5.41) is 2.90. The number of alkyl halides is 3. The summed E-state index contributed by atoms with van der Waals surface area (Å²) in [5.74, 6) is 0.803. The molecule has 3 atom stereocenters. The number of piperidine rings is 1. The van der Waals surface area contributed by atoms with Gasteiger partial charge >= 0.3 is 6.36 Å². The lowest BCUT2D eigenvalue weighted by Crippen LogP contribution is -2.38. The maximum absolute atomic E-state index is 12.5. The summed E-state index contributed by atoms with van der Waals surface area (Å²) in [6.45, 7) is 1.10. The van der Waals surface area contributed by atoms with Gasteiger partial charge in [0.1, 0.15) is 5.75 Å². The van der Waals surface area contributed by atoms with Gasteiger partial charge in [-0.1, -0.05) is 18.2 Å². The molecule has 4 nitrogen and oxygen atoms in total. The monoisotopic (exact) mass is 342 g/mol. The predicted molar refractivity (Wildman–Crippen MR) is 82.2 cm³/mol. The first kappa shape index (κ1) is 17.1. The van der Waals surface area contributed by atoms with Crippen molar-refractivity contribution in [3.63, 3.8) is 0 Å². The maximum Gasteiger partial charge on any atom is 0.573 e. The Kier molecular flexibility index (Phi) is 4.71. The van der Waals surface area contributed by atoms with Crippen LogP contribution in [0, 0.1) is 11.8 Å². The molecule has 0 spiro atoms. The van der Waals surface area contributed by atoms with Gasteiger partial charge in [-0.15, -0.1) is 13.2 Å². The number of amides is 1. The number of carbonyl (C=O) groups is 1. The van der Waals surface area contributed by atoms with Crippen molar-refractivity contribution in [2.45, 2.75) is 38.2 Å². The summed E-state index contributed by atoms with van der Waals surface area (Å²) >= 11 is 0. The van der Waals surface area contributed by atoms with E-state index in [9.17, 15) is 18.0 Å². The van der Waals surface area contributed by atoms with Crippen molar-refractivity contribution in [1.29, 1.82) is 0 Å². The molecular formula is C17H21F3N2O2. The molecule has 1 heterocycles. The van der Waals surface area contributed by atoms with E-state index in [0.717, 1.165) is 12.8 Å². The summed E-state index contributed by atoms with van der Waals surface area (Å²) < 4.78 is 41.7. The van der Waals surface area contributed by atoms with Crippen molar-refractivity contribution in [3.8, 4) is 5.75 Å². The lowest BCUT2D eigenvalue weighted by Gasteiger charge is -2.25. The van der Waals surface area contributed by atoms with Crippen LogP contribution in [0.15, 0.2) is 24.3 Å². The largest absolute Gasteiger partial charge is 0.573 e. The zero-order valence-electron chi connectivity index (χ0n) is 13.5. The number of ether oxygens (including phenoxy) is 1. The molecule has 1 aromatic carbocycles. The Balaban J connectivity index is 1.65. The number of nitrogens with zero attached hydrogens (tertiary/aromatic N) is 1. The van der Waals surface area contributed by atoms with Gasteiger partial charge in [0.15, 0.2) is 0 Å². The van der Waals surface area contributed by atoms with Gasteiger partial charge in [-0.05, 0) is 37.8 Å². The van der Waals surface area contributed by atoms with Crippen LogP contribution in [0.5, 0.6) is 5.75 Å². The van der Waals surface area contributed by atoms with Gasteiger partial charge in [0.2, 0.25) is 5.91 Å². The highest BCUT2D eigenvalue weighted by atomic mass is 19.4. The van der Waals surface area contributed by atoms with Crippen LogP contribution in [-0.4, -0.2) is 36.8 Å². The molecule has 7 heteroatoms. The van der Waals surface area contributed by atoms with E-state index in [1.165, 1.54) is 12.1 Å². The number of halogens is 3. The van der Waals surface area contributed by atoms with Crippen LogP contribution in [0.25, 0.3) is 0 Å². The van der Waals surface area contributed by atoms with Crippen LogP contribution in [-0.2, 0) is 11.3 Å². The zero-order chi connectivity index (χ0) is 17.3. The first-order chi connectivity index (χ1) is 11.3. The molecule has 0 radical (unpaired) electrons. The molecule has 1 aliphatic carbocycles. The van der Waals surface area contributed by atoms with E-state index in [1.54, 1.807) is 12.1 Å². The number of rotatable bonds is 4. The Morgan fingerprint density at radius 2 is 1.96 bits per heavy atom. The Bertz CT molecular complexity index is 606. The average Bonchev–Trinajstić information content (AvgIpc) is 2.91. The lowest BCUT2D eigenvalue weighted by atomic mass is 9.89. The minimum Gasteiger partial charge on any atom is -0.405 e. The third-order valence-electron chi connectivity index (χ3n) is 5.07. The predicted octanol–water partition coefficient (Wildman–Crippen LogP) is 2.93. The molecule has 0 aromatic heterocycles. The molecule has 1 amide bonds. The molecular weight excluding hydrogens is 321 g/mol. The molecule has 0 bridgehead atoms. The van der Waals surface area contributed by atoms with Crippen molar-refractivity contribution in [2.24, 2.45) is 11.8 Å². The molecule has 1 N–H and O–H groups in total. The highest BCUT2D eigenvalue weighted by Gasteiger charge is 2.39. The van der Waals surface area contributed by atoms with Crippen molar-refractivity contribution < 1.29 is 22.7 Å². The second kappa shape index (κ2) is 6.63. The molecule has 2 fully saturated rings. The lowest BCUT2D eigenvalue weighted by molar-refractivity contribution is -0.275. The van der Waals surface area contributed by atoms with Crippen LogP contribution in [0.3, 0.4) is 0 Å². The number of benzene rings is 1. The normalized spacial score (nSPS) is 27.0. The van der Waals surface area contributed by atoms with E-state index in [1.807, 2.05) is 7.05 Å². The maximum atomic E-state index is 12.5. The molecule has 2 aliphatic rings. The van der Waals surface area contributed by atoms with Crippen molar-refractivity contribution in [3.05, 3.63) is 29.8 Å². The molecule has 1 saturated carbocycles. The summed E-state index contributed by atoms with van der Waals surface area (Å²) in [7, 11) is 1.92. The van der Waals surface area contributed by atoms with Crippen molar-refractivity contribution >= 4 is 5.91 Å². The molecule has 1 aromatic rings. The number of hydrogen-bond donors (Lipinski definition) is 1. The zero-order valence-corrected chi connectivity index (χ0v) is 13.5. The van der Waals surface area contributed by atoms with Crippen LogP contribution in [0.1, 0.15) is 24.8 Å².